The Hall–Kier alpha value is -2.69. The molecule has 1 fully saturated rings. The van der Waals surface area contributed by atoms with Crippen LogP contribution in [0.15, 0.2) is 53.7 Å². The van der Waals surface area contributed by atoms with Crippen LogP contribution in [0.25, 0.3) is 5.65 Å². The number of amides is 1. The molecular weight excluding hydrogens is 541 g/mol. The number of nitrogens with zero attached hydrogens (tertiary/aromatic N) is 6. The van der Waals surface area contributed by atoms with E-state index in [0.717, 1.165) is 62.9 Å². The van der Waals surface area contributed by atoms with Gasteiger partial charge in [-0.15, -0.1) is 34.2 Å². The molecule has 1 amide bonds. The molecule has 2 aromatic heterocycles. The summed E-state index contributed by atoms with van der Waals surface area (Å²) < 4.78 is 2.02. The van der Waals surface area contributed by atoms with Gasteiger partial charge in [-0.2, -0.15) is 0 Å². The predicted molar refractivity (Wildman–Crippen MR) is 145 cm³/mol. The quantitative estimate of drug-likeness (QED) is 0.266. The summed E-state index contributed by atoms with van der Waals surface area (Å²) in [6.07, 6.45) is 5.38. The molecule has 0 radical (unpaired) electrons. The SMILES string of the molecule is CCNC(=NCCc1nnc2ccccn12)N1CC(CCN2CCCC2=O)c2ccccc21.I. The minimum Gasteiger partial charge on any atom is -0.356 e. The lowest BCUT2D eigenvalue weighted by atomic mass is 9.98. The summed E-state index contributed by atoms with van der Waals surface area (Å²) in [6.45, 7) is 6.14. The number of halogens is 1. The highest BCUT2D eigenvalue weighted by atomic mass is 127. The van der Waals surface area contributed by atoms with Gasteiger partial charge in [-0.3, -0.25) is 14.2 Å². The van der Waals surface area contributed by atoms with Gasteiger partial charge in [-0.1, -0.05) is 24.3 Å². The number of aliphatic imine (C=N–C) groups is 1. The number of carbonyl (C=O) groups excluding carboxylic acids is 1. The van der Waals surface area contributed by atoms with Crippen molar-refractivity contribution in [2.75, 3.05) is 37.6 Å². The Morgan fingerprint density at radius 2 is 2.03 bits per heavy atom. The van der Waals surface area contributed by atoms with Crippen molar-refractivity contribution in [1.82, 2.24) is 24.8 Å². The second-order valence-electron chi connectivity index (χ2n) is 8.67. The fourth-order valence-electron chi connectivity index (χ4n) is 4.91. The molecule has 1 aromatic carbocycles. The van der Waals surface area contributed by atoms with Crippen molar-refractivity contribution in [3.05, 3.63) is 60.0 Å². The van der Waals surface area contributed by atoms with Gasteiger partial charge in [0.2, 0.25) is 5.91 Å². The molecule has 1 saturated heterocycles. The topological polar surface area (TPSA) is 78.1 Å². The van der Waals surface area contributed by atoms with Gasteiger partial charge in [-0.25, -0.2) is 0 Å². The zero-order chi connectivity index (χ0) is 22.6. The number of likely N-dealkylation sites (tertiary alicyclic amines) is 1. The molecule has 2 aliphatic heterocycles. The first-order valence-corrected chi connectivity index (χ1v) is 12.0. The van der Waals surface area contributed by atoms with Gasteiger partial charge in [0.15, 0.2) is 11.6 Å². The van der Waals surface area contributed by atoms with Crippen LogP contribution in [0.4, 0.5) is 5.69 Å². The third-order valence-corrected chi connectivity index (χ3v) is 6.56. The lowest BCUT2D eigenvalue weighted by Gasteiger charge is -2.23. The lowest BCUT2D eigenvalue weighted by Crippen LogP contribution is -2.41. The Balaban J connectivity index is 0.00000274. The normalized spacial score (nSPS) is 17.9. The van der Waals surface area contributed by atoms with Crippen LogP contribution in [-0.4, -0.2) is 64.1 Å². The third kappa shape index (κ3) is 5.03. The highest BCUT2D eigenvalue weighted by Gasteiger charge is 2.32. The highest BCUT2D eigenvalue weighted by Crippen LogP contribution is 2.38. The number of aromatic nitrogens is 3. The largest absolute Gasteiger partial charge is 0.356 e. The summed E-state index contributed by atoms with van der Waals surface area (Å²) in [5.41, 5.74) is 3.41. The van der Waals surface area contributed by atoms with E-state index in [1.54, 1.807) is 0 Å². The molecule has 1 N–H and O–H groups in total. The molecule has 1 atom stereocenters. The molecule has 34 heavy (non-hydrogen) atoms. The molecular formula is C25H32IN7O. The number of hydrogen-bond acceptors (Lipinski definition) is 4. The molecule has 4 heterocycles. The first-order valence-electron chi connectivity index (χ1n) is 12.0. The van der Waals surface area contributed by atoms with E-state index in [4.69, 9.17) is 4.99 Å². The van der Waals surface area contributed by atoms with Gasteiger partial charge in [-0.05, 0) is 43.5 Å². The first kappa shape index (κ1) is 24.4. The number of anilines is 1. The van der Waals surface area contributed by atoms with Crippen molar-refractivity contribution in [3.63, 3.8) is 0 Å². The number of hydrogen-bond donors (Lipinski definition) is 1. The Kier molecular flexibility index (Phi) is 8.02. The number of nitrogens with one attached hydrogen (secondary N) is 1. The van der Waals surface area contributed by atoms with Gasteiger partial charge in [0.1, 0.15) is 5.82 Å². The Bertz CT molecular complexity index is 1160. The first-order chi connectivity index (χ1) is 16.2. The van der Waals surface area contributed by atoms with Gasteiger partial charge in [0.25, 0.3) is 0 Å². The fraction of sp³-hybridized carbons (Fsp3) is 0.440. The maximum absolute atomic E-state index is 12.1. The summed E-state index contributed by atoms with van der Waals surface area (Å²) >= 11 is 0. The third-order valence-electron chi connectivity index (χ3n) is 6.56. The Labute approximate surface area is 217 Å². The average molecular weight is 573 g/mol. The molecule has 0 saturated carbocycles. The summed E-state index contributed by atoms with van der Waals surface area (Å²) in [5.74, 6) is 2.51. The van der Waals surface area contributed by atoms with Crippen LogP contribution in [0.2, 0.25) is 0 Å². The zero-order valence-electron chi connectivity index (χ0n) is 19.6. The molecule has 8 nitrogen and oxygen atoms in total. The van der Waals surface area contributed by atoms with Crippen LogP contribution in [0.1, 0.15) is 43.5 Å². The fourth-order valence-corrected chi connectivity index (χ4v) is 4.91. The van der Waals surface area contributed by atoms with Gasteiger partial charge in [0.05, 0.1) is 0 Å². The van der Waals surface area contributed by atoms with E-state index in [1.807, 2.05) is 33.7 Å². The predicted octanol–water partition coefficient (Wildman–Crippen LogP) is 3.47. The second kappa shape index (κ2) is 11.2. The smallest absolute Gasteiger partial charge is 0.222 e. The number of para-hydroxylation sites is 1. The van der Waals surface area contributed by atoms with E-state index in [-0.39, 0.29) is 24.0 Å². The minimum atomic E-state index is 0. The molecule has 9 heteroatoms. The zero-order valence-corrected chi connectivity index (χ0v) is 21.9. The number of pyridine rings is 1. The Morgan fingerprint density at radius 1 is 1.18 bits per heavy atom. The standard InChI is InChI=1S/C25H31N7O.HI/c1-2-26-25(27-14-12-23-29-28-22-10-5-6-16-31(22)23)32-18-19(20-8-3-4-9-21(20)32)13-17-30-15-7-11-24(30)33;/h3-6,8-10,16,19H,2,7,11-15,17-18H2,1H3,(H,26,27);1H. The number of benzene rings is 1. The van der Waals surface area contributed by atoms with Gasteiger partial charge < -0.3 is 15.1 Å². The van der Waals surface area contributed by atoms with Crippen molar-refractivity contribution in [2.24, 2.45) is 4.99 Å². The maximum atomic E-state index is 12.1. The number of guanidine groups is 1. The van der Waals surface area contributed by atoms with E-state index in [0.29, 0.717) is 24.8 Å². The lowest BCUT2D eigenvalue weighted by molar-refractivity contribution is -0.127. The van der Waals surface area contributed by atoms with Crippen molar-refractivity contribution in [1.29, 1.82) is 0 Å². The van der Waals surface area contributed by atoms with Gasteiger partial charge >= 0.3 is 0 Å². The monoisotopic (exact) mass is 573 g/mol. The molecule has 3 aromatic rings. The van der Waals surface area contributed by atoms with E-state index >= 15 is 0 Å². The van der Waals surface area contributed by atoms with Crippen molar-refractivity contribution < 1.29 is 4.79 Å². The maximum Gasteiger partial charge on any atom is 0.222 e. The minimum absolute atomic E-state index is 0. The average Bonchev–Trinajstić information content (AvgIpc) is 3.54. The van der Waals surface area contributed by atoms with E-state index in [9.17, 15) is 4.79 Å². The number of rotatable bonds is 7. The van der Waals surface area contributed by atoms with Crippen molar-refractivity contribution >= 4 is 47.2 Å². The van der Waals surface area contributed by atoms with Crippen LogP contribution in [0.5, 0.6) is 0 Å². The number of fused-ring (bicyclic) bond motifs is 2. The van der Waals surface area contributed by atoms with E-state index in [1.165, 1.54) is 11.3 Å². The summed E-state index contributed by atoms with van der Waals surface area (Å²) in [5, 5.41) is 12.0. The summed E-state index contributed by atoms with van der Waals surface area (Å²) in [4.78, 5) is 21.3. The van der Waals surface area contributed by atoms with Gasteiger partial charge in [0, 0.05) is 63.4 Å². The second-order valence-corrected chi connectivity index (χ2v) is 8.67. The summed E-state index contributed by atoms with van der Waals surface area (Å²) in [6, 6.07) is 14.5. The van der Waals surface area contributed by atoms with Crippen molar-refractivity contribution in [3.8, 4) is 0 Å². The molecule has 5 rings (SSSR count). The Morgan fingerprint density at radius 3 is 2.85 bits per heavy atom. The van der Waals surface area contributed by atoms with Crippen molar-refractivity contribution in [2.45, 2.75) is 38.5 Å². The molecule has 1 unspecified atom stereocenters. The molecule has 0 spiro atoms. The van der Waals surface area contributed by atoms with Crippen LogP contribution in [-0.2, 0) is 11.2 Å². The van der Waals surface area contributed by atoms with Crippen LogP contribution >= 0.6 is 24.0 Å². The van der Waals surface area contributed by atoms with Crippen LogP contribution in [0.3, 0.4) is 0 Å². The molecule has 0 aliphatic carbocycles. The van der Waals surface area contributed by atoms with E-state index < -0.39 is 0 Å². The van der Waals surface area contributed by atoms with Crippen LogP contribution < -0.4 is 10.2 Å². The molecule has 2 aliphatic rings. The molecule has 180 valence electrons. The van der Waals surface area contributed by atoms with Crippen LogP contribution in [0, 0.1) is 0 Å². The number of carbonyl (C=O) groups is 1. The summed E-state index contributed by atoms with van der Waals surface area (Å²) in [7, 11) is 0. The highest BCUT2D eigenvalue weighted by molar-refractivity contribution is 14.0. The molecule has 0 bridgehead atoms. The van der Waals surface area contributed by atoms with E-state index in [2.05, 4.69) is 51.6 Å².